The zero-order valence-electron chi connectivity index (χ0n) is 9.51. The van der Waals surface area contributed by atoms with E-state index in [0.29, 0.717) is 13.0 Å². The van der Waals surface area contributed by atoms with Crippen LogP contribution in [0, 0.1) is 0 Å². The summed E-state index contributed by atoms with van der Waals surface area (Å²) in [5, 5.41) is 0. The number of hydrogen-bond donors (Lipinski definition) is 1. The SMILES string of the molecule is C[n+]1ccn(CCCS(=O)(=O)O)c1.F[B-](F)(F)F. The van der Waals surface area contributed by atoms with Crippen molar-refractivity contribution in [2.24, 2.45) is 7.05 Å². The maximum Gasteiger partial charge on any atom is 0.673 e. The van der Waals surface area contributed by atoms with Crippen molar-refractivity contribution in [1.29, 1.82) is 0 Å². The summed E-state index contributed by atoms with van der Waals surface area (Å²) in [6.07, 6.45) is 5.99. The molecule has 0 amide bonds. The van der Waals surface area contributed by atoms with E-state index >= 15 is 0 Å². The van der Waals surface area contributed by atoms with Crippen LogP contribution < -0.4 is 4.57 Å². The van der Waals surface area contributed by atoms with Gasteiger partial charge in [-0.05, 0) is 0 Å². The lowest BCUT2D eigenvalue weighted by Crippen LogP contribution is -2.23. The second kappa shape index (κ2) is 6.73. The van der Waals surface area contributed by atoms with Gasteiger partial charge in [-0.3, -0.25) is 4.55 Å². The number of halogens is 4. The van der Waals surface area contributed by atoms with Gasteiger partial charge in [0.25, 0.3) is 10.1 Å². The first-order valence-electron chi connectivity index (χ1n) is 4.81. The fraction of sp³-hybridized carbons (Fsp3) is 0.571. The molecule has 0 unspecified atom stereocenters. The first-order chi connectivity index (χ1) is 7.97. The number of rotatable bonds is 4. The molecule has 11 heteroatoms. The molecule has 1 N–H and O–H groups in total. The first kappa shape index (κ1) is 16.9. The topological polar surface area (TPSA) is 63.2 Å². The van der Waals surface area contributed by atoms with Gasteiger partial charge in [0.15, 0.2) is 0 Å². The van der Waals surface area contributed by atoms with E-state index in [1.165, 1.54) is 0 Å². The Labute approximate surface area is 102 Å². The molecule has 0 fully saturated rings. The van der Waals surface area contributed by atoms with Gasteiger partial charge in [-0.1, -0.05) is 0 Å². The molecule has 1 heterocycles. The predicted octanol–water partition coefficient (Wildman–Crippen LogP) is 0.890. The van der Waals surface area contributed by atoms with E-state index in [1.54, 1.807) is 0 Å². The lowest BCUT2D eigenvalue weighted by atomic mass is 10.3. The fourth-order valence-corrected chi connectivity index (χ4v) is 1.56. The molecule has 0 radical (unpaired) electrons. The quantitative estimate of drug-likeness (QED) is 0.388. The molecule has 5 nitrogen and oxygen atoms in total. The minimum Gasteiger partial charge on any atom is -0.418 e. The number of nitrogens with zero attached hydrogens (tertiary/aromatic N) is 2. The number of aryl methyl sites for hydroxylation is 2. The second-order valence-electron chi connectivity index (χ2n) is 3.45. The molecule has 0 aliphatic carbocycles. The van der Waals surface area contributed by atoms with Crippen LogP contribution in [0.15, 0.2) is 18.7 Å². The number of hydrogen-bond acceptors (Lipinski definition) is 2. The molecule has 0 aromatic carbocycles. The molecule has 0 aliphatic heterocycles. The van der Waals surface area contributed by atoms with Crippen molar-refractivity contribution in [3.8, 4) is 0 Å². The van der Waals surface area contributed by atoms with E-state index in [0.717, 1.165) is 0 Å². The molecule has 1 rings (SSSR count). The van der Waals surface area contributed by atoms with Gasteiger partial charge < -0.3 is 17.3 Å². The molecule has 0 saturated heterocycles. The van der Waals surface area contributed by atoms with Crippen molar-refractivity contribution in [1.82, 2.24) is 4.57 Å². The van der Waals surface area contributed by atoms with E-state index in [9.17, 15) is 25.7 Å². The Morgan fingerprint density at radius 1 is 1.33 bits per heavy atom. The fourth-order valence-electron chi connectivity index (χ4n) is 1.06. The van der Waals surface area contributed by atoms with Gasteiger partial charge in [-0.2, -0.15) is 8.42 Å². The molecular formula is C7H13BF4N2O3S. The van der Waals surface area contributed by atoms with Crippen molar-refractivity contribution in [3.05, 3.63) is 18.7 Å². The molecule has 0 atom stereocenters. The maximum atomic E-state index is 10.4. The summed E-state index contributed by atoms with van der Waals surface area (Å²) in [5.74, 6) is -0.186. The Morgan fingerprint density at radius 2 is 1.83 bits per heavy atom. The highest BCUT2D eigenvalue weighted by Crippen LogP contribution is 2.06. The third-order valence-electron chi connectivity index (χ3n) is 1.64. The smallest absolute Gasteiger partial charge is 0.418 e. The third kappa shape index (κ3) is 13.0. The second-order valence-corrected chi connectivity index (χ2v) is 5.02. The maximum absolute atomic E-state index is 10.4. The lowest BCUT2D eigenvalue weighted by molar-refractivity contribution is -0.671. The average Bonchev–Trinajstić information content (AvgIpc) is 2.45. The Balaban J connectivity index is 0.000000494. The van der Waals surface area contributed by atoms with Crippen molar-refractivity contribution in [3.63, 3.8) is 0 Å². The molecule has 0 saturated carbocycles. The number of aromatic nitrogens is 2. The summed E-state index contributed by atoms with van der Waals surface area (Å²) in [7, 11) is -7.92. The minimum atomic E-state index is -6.00. The van der Waals surface area contributed by atoms with Crippen LogP contribution in [0.5, 0.6) is 0 Å². The minimum absolute atomic E-state index is 0.186. The van der Waals surface area contributed by atoms with E-state index in [4.69, 9.17) is 4.55 Å². The first-order valence-corrected chi connectivity index (χ1v) is 6.42. The van der Waals surface area contributed by atoms with E-state index < -0.39 is 17.4 Å². The Morgan fingerprint density at radius 3 is 2.17 bits per heavy atom. The summed E-state index contributed by atoms with van der Waals surface area (Å²) < 4.78 is 71.9. The van der Waals surface area contributed by atoms with Gasteiger partial charge in [0.1, 0.15) is 12.4 Å². The van der Waals surface area contributed by atoms with Crippen molar-refractivity contribution < 1.29 is 34.8 Å². The molecule has 18 heavy (non-hydrogen) atoms. The Kier molecular flexibility index (Phi) is 6.33. The zero-order valence-corrected chi connectivity index (χ0v) is 10.3. The van der Waals surface area contributed by atoms with Crippen molar-refractivity contribution in [2.75, 3.05) is 5.75 Å². The van der Waals surface area contributed by atoms with Crippen LogP contribution in [-0.2, 0) is 23.7 Å². The predicted molar refractivity (Wildman–Crippen MR) is 56.8 cm³/mol. The highest BCUT2D eigenvalue weighted by molar-refractivity contribution is 7.85. The Bertz CT molecular complexity index is 454. The highest BCUT2D eigenvalue weighted by Gasteiger charge is 2.20. The standard InChI is InChI=1S/C7H12N2O3S.BF4/c1-8-4-5-9(7-8)3-2-6-13(10,11)12;2-1(3,4)5/h4-5,7H,2-3,6H2,1H3;/q;-1/p+1. The number of imidazole rings is 1. The van der Waals surface area contributed by atoms with Crippen molar-refractivity contribution >= 4 is 17.4 Å². The van der Waals surface area contributed by atoms with Crippen LogP contribution in [0.1, 0.15) is 6.42 Å². The van der Waals surface area contributed by atoms with Crippen LogP contribution in [0.4, 0.5) is 17.3 Å². The van der Waals surface area contributed by atoms with Crippen LogP contribution in [0.2, 0.25) is 0 Å². The molecule has 0 bridgehead atoms. The van der Waals surface area contributed by atoms with E-state index in [-0.39, 0.29) is 5.75 Å². The van der Waals surface area contributed by atoms with Crippen LogP contribution in [-0.4, -0.2) is 30.5 Å². The van der Waals surface area contributed by atoms with E-state index in [1.807, 2.05) is 34.9 Å². The van der Waals surface area contributed by atoms with Crippen LogP contribution in [0.3, 0.4) is 0 Å². The van der Waals surface area contributed by atoms with E-state index in [2.05, 4.69) is 0 Å². The van der Waals surface area contributed by atoms with Gasteiger partial charge in [0.05, 0.1) is 19.3 Å². The molecule has 0 aliphatic rings. The molecule has 1 aromatic rings. The third-order valence-corrected chi connectivity index (χ3v) is 2.45. The molecule has 106 valence electrons. The van der Waals surface area contributed by atoms with Gasteiger partial charge >= 0.3 is 7.25 Å². The van der Waals surface area contributed by atoms with Gasteiger partial charge in [-0.15, -0.1) is 0 Å². The van der Waals surface area contributed by atoms with Crippen LogP contribution >= 0.6 is 0 Å². The summed E-state index contributed by atoms with van der Waals surface area (Å²) in [6, 6.07) is 0. The normalized spacial score (nSPS) is 11.9. The average molecular weight is 292 g/mol. The molecule has 1 aromatic heterocycles. The van der Waals surface area contributed by atoms with Crippen LogP contribution in [0.25, 0.3) is 0 Å². The van der Waals surface area contributed by atoms with Crippen molar-refractivity contribution in [2.45, 2.75) is 13.0 Å². The summed E-state index contributed by atoms with van der Waals surface area (Å²) in [6.45, 7) is 0.598. The van der Waals surface area contributed by atoms with Gasteiger partial charge in [0, 0.05) is 6.42 Å². The molecule has 0 spiro atoms. The van der Waals surface area contributed by atoms with Gasteiger partial charge in [0.2, 0.25) is 6.33 Å². The zero-order chi connectivity index (χ0) is 14.4. The van der Waals surface area contributed by atoms with Gasteiger partial charge in [-0.25, -0.2) is 9.13 Å². The molecular weight excluding hydrogens is 279 g/mol. The summed E-state index contributed by atoms with van der Waals surface area (Å²) >= 11 is 0. The monoisotopic (exact) mass is 292 g/mol. The lowest BCUT2D eigenvalue weighted by Gasteiger charge is -1.94. The largest absolute Gasteiger partial charge is 0.673 e. The Hall–Kier alpha value is -1.10. The summed E-state index contributed by atoms with van der Waals surface area (Å²) in [5.41, 5.74) is 0. The highest BCUT2D eigenvalue weighted by atomic mass is 32.2. The summed E-state index contributed by atoms with van der Waals surface area (Å²) in [4.78, 5) is 0.